The smallest absolute Gasteiger partial charge is 0.0136 e. The standard InChI is InChI=1S/C14H20/c1-11-13-9-5-4-7-12(13)8-6-10-14(11,2)3/h4-5,7,9,11H,6,8,10H2,1-3H3/t11-/m0/s1. The van der Waals surface area contributed by atoms with Gasteiger partial charge in [0, 0.05) is 0 Å². The molecule has 0 fully saturated rings. The van der Waals surface area contributed by atoms with Crippen LogP contribution in [0.25, 0.3) is 0 Å². The largest absolute Gasteiger partial charge is 0.0620 e. The zero-order valence-electron chi connectivity index (χ0n) is 9.51. The van der Waals surface area contributed by atoms with Gasteiger partial charge < -0.3 is 0 Å². The van der Waals surface area contributed by atoms with Gasteiger partial charge in [0.1, 0.15) is 0 Å². The number of aryl methyl sites for hydroxylation is 1. The molecule has 2 rings (SSSR count). The minimum atomic E-state index is 0.465. The number of benzene rings is 1. The van der Waals surface area contributed by atoms with Crippen molar-refractivity contribution in [1.82, 2.24) is 0 Å². The molecular formula is C14H20. The van der Waals surface area contributed by atoms with Gasteiger partial charge in [0.25, 0.3) is 0 Å². The minimum absolute atomic E-state index is 0.465. The van der Waals surface area contributed by atoms with Crippen LogP contribution in [-0.4, -0.2) is 0 Å². The average Bonchev–Trinajstić information content (AvgIpc) is 2.27. The molecule has 0 saturated carbocycles. The molecule has 14 heavy (non-hydrogen) atoms. The lowest BCUT2D eigenvalue weighted by Crippen LogP contribution is -2.18. The van der Waals surface area contributed by atoms with Crippen LogP contribution in [-0.2, 0) is 6.42 Å². The van der Waals surface area contributed by atoms with Gasteiger partial charge in [-0.15, -0.1) is 0 Å². The van der Waals surface area contributed by atoms with Crippen molar-refractivity contribution in [2.75, 3.05) is 0 Å². The summed E-state index contributed by atoms with van der Waals surface area (Å²) in [4.78, 5) is 0. The highest BCUT2D eigenvalue weighted by molar-refractivity contribution is 5.32. The second-order valence-electron chi connectivity index (χ2n) is 5.26. The maximum atomic E-state index is 2.40. The topological polar surface area (TPSA) is 0 Å². The van der Waals surface area contributed by atoms with E-state index in [-0.39, 0.29) is 0 Å². The van der Waals surface area contributed by atoms with E-state index in [2.05, 4.69) is 45.0 Å². The van der Waals surface area contributed by atoms with Crippen molar-refractivity contribution < 1.29 is 0 Å². The van der Waals surface area contributed by atoms with Crippen LogP contribution in [0.5, 0.6) is 0 Å². The molecule has 0 aliphatic heterocycles. The fourth-order valence-corrected chi connectivity index (χ4v) is 2.56. The van der Waals surface area contributed by atoms with Crippen LogP contribution in [0.3, 0.4) is 0 Å². The minimum Gasteiger partial charge on any atom is -0.0620 e. The van der Waals surface area contributed by atoms with Crippen LogP contribution in [0, 0.1) is 5.41 Å². The fourth-order valence-electron chi connectivity index (χ4n) is 2.56. The Morgan fingerprint density at radius 3 is 2.71 bits per heavy atom. The number of hydrogen-bond acceptors (Lipinski definition) is 0. The molecular weight excluding hydrogens is 168 g/mol. The Morgan fingerprint density at radius 1 is 1.21 bits per heavy atom. The van der Waals surface area contributed by atoms with Crippen molar-refractivity contribution in [3.05, 3.63) is 35.4 Å². The van der Waals surface area contributed by atoms with Crippen molar-refractivity contribution in [3.8, 4) is 0 Å². The van der Waals surface area contributed by atoms with Gasteiger partial charge in [0.05, 0.1) is 0 Å². The van der Waals surface area contributed by atoms with Gasteiger partial charge in [0.15, 0.2) is 0 Å². The third kappa shape index (κ3) is 1.58. The summed E-state index contributed by atoms with van der Waals surface area (Å²) in [6.07, 6.45) is 3.96. The zero-order valence-corrected chi connectivity index (χ0v) is 9.51. The monoisotopic (exact) mass is 188 g/mol. The van der Waals surface area contributed by atoms with Crippen molar-refractivity contribution in [1.29, 1.82) is 0 Å². The number of rotatable bonds is 0. The molecule has 0 spiro atoms. The Kier molecular flexibility index (Phi) is 2.38. The highest BCUT2D eigenvalue weighted by atomic mass is 14.3. The molecule has 1 aliphatic rings. The van der Waals surface area contributed by atoms with Crippen LogP contribution >= 0.6 is 0 Å². The van der Waals surface area contributed by atoms with E-state index in [1.165, 1.54) is 19.3 Å². The third-order valence-electron chi connectivity index (χ3n) is 3.96. The van der Waals surface area contributed by atoms with Crippen LogP contribution in [0.15, 0.2) is 24.3 Å². The Morgan fingerprint density at radius 2 is 1.93 bits per heavy atom. The lowest BCUT2D eigenvalue weighted by molar-refractivity contribution is 0.278. The third-order valence-corrected chi connectivity index (χ3v) is 3.96. The first-order valence-corrected chi connectivity index (χ1v) is 5.69. The molecule has 0 bridgehead atoms. The maximum absolute atomic E-state index is 2.40. The van der Waals surface area contributed by atoms with E-state index in [1.807, 2.05) is 0 Å². The Balaban J connectivity index is 2.45. The summed E-state index contributed by atoms with van der Waals surface area (Å²) >= 11 is 0. The molecule has 0 radical (unpaired) electrons. The molecule has 0 saturated heterocycles. The summed E-state index contributed by atoms with van der Waals surface area (Å²) in [7, 11) is 0. The lowest BCUT2D eigenvalue weighted by atomic mass is 9.74. The molecule has 0 heteroatoms. The fraction of sp³-hybridized carbons (Fsp3) is 0.571. The van der Waals surface area contributed by atoms with Crippen molar-refractivity contribution >= 4 is 0 Å². The normalized spacial score (nSPS) is 25.2. The van der Waals surface area contributed by atoms with Gasteiger partial charge in [-0.25, -0.2) is 0 Å². The highest BCUT2D eigenvalue weighted by Crippen LogP contribution is 2.43. The van der Waals surface area contributed by atoms with E-state index in [0.29, 0.717) is 11.3 Å². The molecule has 0 unspecified atom stereocenters. The number of fused-ring (bicyclic) bond motifs is 1. The summed E-state index contributed by atoms with van der Waals surface area (Å²) in [6.45, 7) is 7.18. The summed E-state index contributed by atoms with van der Waals surface area (Å²) in [5, 5.41) is 0. The van der Waals surface area contributed by atoms with Crippen LogP contribution in [0.1, 0.15) is 50.7 Å². The van der Waals surface area contributed by atoms with Crippen molar-refractivity contribution in [2.45, 2.75) is 46.0 Å². The van der Waals surface area contributed by atoms with Gasteiger partial charge in [-0.05, 0) is 41.7 Å². The predicted octanol–water partition coefficient (Wildman–Crippen LogP) is 4.15. The molecule has 1 aliphatic carbocycles. The highest BCUT2D eigenvalue weighted by Gasteiger charge is 2.30. The molecule has 1 aromatic rings. The van der Waals surface area contributed by atoms with Crippen LogP contribution in [0.2, 0.25) is 0 Å². The molecule has 1 atom stereocenters. The molecule has 0 aromatic heterocycles. The average molecular weight is 188 g/mol. The van der Waals surface area contributed by atoms with Gasteiger partial charge in [-0.3, -0.25) is 0 Å². The van der Waals surface area contributed by atoms with Crippen LogP contribution < -0.4 is 0 Å². The summed E-state index contributed by atoms with van der Waals surface area (Å²) in [6, 6.07) is 8.96. The van der Waals surface area contributed by atoms with E-state index < -0.39 is 0 Å². The quantitative estimate of drug-likeness (QED) is 0.536. The van der Waals surface area contributed by atoms with Gasteiger partial charge >= 0.3 is 0 Å². The molecule has 76 valence electrons. The summed E-state index contributed by atoms with van der Waals surface area (Å²) in [5.74, 6) is 0.696. The first-order chi connectivity index (χ1) is 6.61. The zero-order chi connectivity index (χ0) is 10.2. The van der Waals surface area contributed by atoms with Gasteiger partial charge in [-0.2, -0.15) is 0 Å². The number of hydrogen-bond donors (Lipinski definition) is 0. The Bertz CT molecular complexity index is 323. The SMILES string of the molecule is C[C@H]1c2ccccc2CCCC1(C)C. The van der Waals surface area contributed by atoms with Gasteiger partial charge in [-0.1, -0.05) is 45.0 Å². The van der Waals surface area contributed by atoms with E-state index in [0.717, 1.165) is 0 Å². The summed E-state index contributed by atoms with van der Waals surface area (Å²) < 4.78 is 0. The molecule has 0 amide bonds. The lowest BCUT2D eigenvalue weighted by Gasteiger charge is -2.30. The predicted molar refractivity (Wildman–Crippen MR) is 61.6 cm³/mol. The maximum Gasteiger partial charge on any atom is -0.0136 e. The second-order valence-corrected chi connectivity index (χ2v) is 5.26. The van der Waals surface area contributed by atoms with Crippen molar-refractivity contribution in [3.63, 3.8) is 0 Å². The Labute approximate surface area is 87.3 Å². The van der Waals surface area contributed by atoms with E-state index in [1.54, 1.807) is 11.1 Å². The summed E-state index contributed by atoms with van der Waals surface area (Å²) in [5.41, 5.74) is 3.62. The molecule has 1 aromatic carbocycles. The first kappa shape index (κ1) is 9.76. The van der Waals surface area contributed by atoms with E-state index in [9.17, 15) is 0 Å². The van der Waals surface area contributed by atoms with Gasteiger partial charge in [0.2, 0.25) is 0 Å². The Hall–Kier alpha value is -0.780. The first-order valence-electron chi connectivity index (χ1n) is 5.69. The van der Waals surface area contributed by atoms with E-state index >= 15 is 0 Å². The molecule has 0 heterocycles. The second kappa shape index (κ2) is 3.42. The van der Waals surface area contributed by atoms with E-state index in [4.69, 9.17) is 0 Å². The van der Waals surface area contributed by atoms with Crippen LogP contribution in [0.4, 0.5) is 0 Å². The van der Waals surface area contributed by atoms with Crippen molar-refractivity contribution in [2.24, 2.45) is 5.41 Å². The molecule has 0 N–H and O–H groups in total. The molecule has 0 nitrogen and oxygen atoms in total.